The number of hydrogen-bond acceptors (Lipinski definition) is 5. The van der Waals surface area contributed by atoms with E-state index in [1.165, 1.54) is 10.8 Å². The summed E-state index contributed by atoms with van der Waals surface area (Å²) in [5.74, 6) is -0.0916. The van der Waals surface area contributed by atoms with Crippen LogP contribution >= 0.6 is 15.9 Å². The van der Waals surface area contributed by atoms with E-state index in [1.807, 2.05) is 50.9 Å². The van der Waals surface area contributed by atoms with Crippen LogP contribution in [0.4, 0.5) is 9.59 Å². The van der Waals surface area contributed by atoms with Gasteiger partial charge in [0, 0.05) is 52.5 Å². The van der Waals surface area contributed by atoms with Crippen molar-refractivity contribution in [3.63, 3.8) is 0 Å². The summed E-state index contributed by atoms with van der Waals surface area (Å²) < 4.78 is 3.04. The molecule has 10 nitrogen and oxygen atoms in total. The smallest absolute Gasteiger partial charge is 0.432 e. The van der Waals surface area contributed by atoms with Crippen LogP contribution in [0.3, 0.4) is 0 Å². The molecule has 0 saturated carbocycles. The third-order valence-electron chi connectivity index (χ3n) is 6.49. The number of nitrogens with zero attached hydrogens (tertiary/aromatic N) is 5. The van der Waals surface area contributed by atoms with Crippen molar-refractivity contribution in [2.75, 3.05) is 33.2 Å². The molecule has 0 spiro atoms. The van der Waals surface area contributed by atoms with Gasteiger partial charge in [0.2, 0.25) is 0 Å². The minimum absolute atomic E-state index is 0.0916. The van der Waals surface area contributed by atoms with Crippen LogP contribution < -0.4 is 0 Å². The number of amides is 1. The Morgan fingerprint density at radius 1 is 0.921 bits per heavy atom. The van der Waals surface area contributed by atoms with Crippen molar-refractivity contribution in [3.05, 3.63) is 64.4 Å². The molecular weight excluding hydrogens is 554 g/mol. The Morgan fingerprint density at radius 2 is 1.58 bits per heavy atom. The quantitative estimate of drug-likeness (QED) is 0.317. The monoisotopic (exact) mass is 583 g/mol. The van der Waals surface area contributed by atoms with E-state index in [-0.39, 0.29) is 5.91 Å². The topological polar surface area (TPSA) is 121 Å². The molecule has 1 aliphatic rings. The predicted octanol–water partition coefficient (Wildman–Crippen LogP) is 5.18. The Labute approximate surface area is 228 Å². The van der Waals surface area contributed by atoms with Gasteiger partial charge in [-0.1, -0.05) is 54.9 Å². The number of para-hydroxylation sites is 1. The number of carbonyl (C=O) groups is 3. The lowest BCUT2D eigenvalue weighted by Gasteiger charge is -2.33. The van der Waals surface area contributed by atoms with Gasteiger partial charge in [0.15, 0.2) is 0 Å². The molecule has 3 heterocycles. The fraction of sp³-hybridized carbons (Fsp3) is 0.333. The average molecular weight is 584 g/mol. The van der Waals surface area contributed by atoms with Crippen LogP contribution in [-0.4, -0.2) is 85.7 Å². The van der Waals surface area contributed by atoms with Crippen LogP contribution in [0.25, 0.3) is 21.8 Å². The third-order valence-corrected chi connectivity index (χ3v) is 6.99. The molecule has 2 aromatic heterocycles. The van der Waals surface area contributed by atoms with E-state index in [9.17, 15) is 19.5 Å². The summed E-state index contributed by atoms with van der Waals surface area (Å²) in [4.78, 5) is 40.1. The largest absolute Gasteiger partial charge is 0.464 e. The van der Waals surface area contributed by atoms with Gasteiger partial charge in [0.25, 0.3) is 5.91 Å². The number of fused-ring (bicyclic) bond motifs is 2. The summed E-state index contributed by atoms with van der Waals surface area (Å²) in [7, 11) is 2.04. The number of carboxylic acid groups (broad SMARTS) is 2. The first-order chi connectivity index (χ1) is 17.9. The molecule has 1 aliphatic heterocycles. The minimum atomic E-state index is -1.07. The maximum atomic E-state index is 13.4. The summed E-state index contributed by atoms with van der Waals surface area (Å²) in [5.41, 5.74) is 1.71. The number of carbonyl (C=O) groups excluding carboxylic acids is 1. The second kappa shape index (κ2) is 10.6. The van der Waals surface area contributed by atoms with E-state index in [0.717, 1.165) is 27.6 Å². The lowest BCUT2D eigenvalue weighted by molar-refractivity contribution is 0.0663. The van der Waals surface area contributed by atoms with Gasteiger partial charge in [-0.05, 0) is 31.3 Å². The van der Waals surface area contributed by atoms with Crippen LogP contribution in [0, 0.1) is 0 Å². The van der Waals surface area contributed by atoms with Crippen molar-refractivity contribution < 1.29 is 24.6 Å². The van der Waals surface area contributed by atoms with E-state index in [1.54, 1.807) is 24.3 Å². The summed E-state index contributed by atoms with van der Waals surface area (Å²) in [5, 5.41) is 23.8. The summed E-state index contributed by atoms with van der Waals surface area (Å²) in [6.07, 6.45) is -0.598. The number of halogens is 1. The number of aromatic nitrogens is 3. The number of likely N-dealkylation sites (N-methyl/N-ethyl adjacent to an activating group) is 1. The molecule has 0 unspecified atom stereocenters. The molecule has 1 fully saturated rings. The van der Waals surface area contributed by atoms with Crippen molar-refractivity contribution in [1.82, 2.24) is 24.1 Å². The Bertz CT molecular complexity index is 1530. The number of piperazine rings is 1. The molecule has 2 aromatic carbocycles. The van der Waals surface area contributed by atoms with Crippen molar-refractivity contribution >= 4 is 55.8 Å². The third kappa shape index (κ3) is 5.30. The Balaban J connectivity index is 0.000000232. The van der Waals surface area contributed by atoms with Gasteiger partial charge in [0.1, 0.15) is 0 Å². The highest BCUT2D eigenvalue weighted by molar-refractivity contribution is 9.10. The summed E-state index contributed by atoms with van der Waals surface area (Å²) in [6.45, 7) is 8.75. The summed E-state index contributed by atoms with van der Waals surface area (Å²) in [6, 6.07) is 12.6. The highest BCUT2D eigenvalue weighted by atomic mass is 79.9. The SMILES string of the molecule is CN1CCN(C(=O)c2c(C(C)(C)C)n(C(=O)O)c3ccc(Br)cc23)CC1.O=C(O)n1ncc2ccccc21. The zero-order chi connectivity index (χ0) is 27.8. The molecule has 5 rings (SSSR count). The molecule has 0 radical (unpaired) electrons. The highest BCUT2D eigenvalue weighted by Gasteiger charge is 2.35. The molecule has 0 atom stereocenters. The minimum Gasteiger partial charge on any atom is -0.464 e. The van der Waals surface area contributed by atoms with Crippen molar-refractivity contribution in [1.29, 1.82) is 0 Å². The van der Waals surface area contributed by atoms with Gasteiger partial charge in [-0.15, -0.1) is 0 Å². The van der Waals surface area contributed by atoms with Crippen molar-refractivity contribution in [3.8, 4) is 0 Å². The van der Waals surface area contributed by atoms with Crippen LogP contribution in [0.5, 0.6) is 0 Å². The van der Waals surface area contributed by atoms with Crippen LogP contribution in [-0.2, 0) is 5.41 Å². The van der Waals surface area contributed by atoms with Crippen LogP contribution in [0.1, 0.15) is 36.8 Å². The van der Waals surface area contributed by atoms with E-state index >= 15 is 0 Å². The first kappa shape index (κ1) is 27.3. The number of benzene rings is 2. The Hall–Kier alpha value is -3.70. The zero-order valence-corrected chi connectivity index (χ0v) is 23.3. The van der Waals surface area contributed by atoms with E-state index in [4.69, 9.17) is 5.11 Å². The number of rotatable bonds is 1. The first-order valence-electron chi connectivity index (χ1n) is 12.1. The van der Waals surface area contributed by atoms with Crippen LogP contribution in [0.15, 0.2) is 53.1 Å². The normalized spacial score (nSPS) is 14.4. The van der Waals surface area contributed by atoms with Gasteiger partial charge >= 0.3 is 12.2 Å². The van der Waals surface area contributed by atoms with Gasteiger partial charge < -0.3 is 20.0 Å². The van der Waals surface area contributed by atoms with Gasteiger partial charge in [-0.2, -0.15) is 9.78 Å². The second-order valence-corrected chi connectivity index (χ2v) is 11.2. The van der Waals surface area contributed by atoms with Gasteiger partial charge in [-0.25, -0.2) is 14.2 Å². The predicted molar refractivity (Wildman–Crippen MR) is 148 cm³/mol. The standard InChI is InChI=1S/C19H24BrN3O3.C8H6N2O2/c1-19(2,3)16-15(17(24)22-9-7-21(4)8-10-22)13-11-12(20)5-6-14(13)23(16)18(25)26;11-8(12)10-7-4-2-1-3-6(7)5-9-10/h5-6,11H,7-10H2,1-4H3,(H,25,26);1-5H,(H,11,12). The molecule has 200 valence electrons. The maximum Gasteiger partial charge on any atom is 0.432 e. The summed E-state index contributed by atoms with van der Waals surface area (Å²) >= 11 is 3.45. The van der Waals surface area contributed by atoms with Gasteiger partial charge in [0.05, 0.1) is 22.8 Å². The van der Waals surface area contributed by atoms with E-state index in [2.05, 4.69) is 25.9 Å². The first-order valence-corrected chi connectivity index (χ1v) is 12.9. The lowest BCUT2D eigenvalue weighted by Crippen LogP contribution is -2.47. The highest BCUT2D eigenvalue weighted by Crippen LogP contribution is 2.36. The fourth-order valence-corrected chi connectivity index (χ4v) is 5.04. The molecule has 0 bridgehead atoms. The molecule has 1 amide bonds. The average Bonchev–Trinajstić information content (AvgIpc) is 3.44. The van der Waals surface area contributed by atoms with E-state index in [0.29, 0.717) is 40.8 Å². The second-order valence-electron chi connectivity index (χ2n) is 10.2. The molecular formula is C27H30BrN5O5. The molecule has 38 heavy (non-hydrogen) atoms. The number of hydrogen-bond donors (Lipinski definition) is 2. The lowest BCUT2D eigenvalue weighted by atomic mass is 9.88. The molecule has 0 aliphatic carbocycles. The van der Waals surface area contributed by atoms with Crippen molar-refractivity contribution in [2.24, 2.45) is 0 Å². The van der Waals surface area contributed by atoms with Crippen LogP contribution in [0.2, 0.25) is 0 Å². The Morgan fingerprint density at radius 3 is 2.18 bits per heavy atom. The molecule has 11 heteroatoms. The van der Waals surface area contributed by atoms with Gasteiger partial charge in [-0.3, -0.25) is 4.79 Å². The molecule has 2 N–H and O–H groups in total. The molecule has 1 saturated heterocycles. The fourth-order valence-electron chi connectivity index (χ4n) is 4.68. The molecule has 4 aromatic rings. The zero-order valence-electron chi connectivity index (χ0n) is 21.7. The van der Waals surface area contributed by atoms with Crippen molar-refractivity contribution in [2.45, 2.75) is 26.2 Å². The van der Waals surface area contributed by atoms with E-state index < -0.39 is 17.6 Å². The maximum absolute atomic E-state index is 13.4. The Kier molecular flexibility index (Phi) is 7.61.